The summed E-state index contributed by atoms with van der Waals surface area (Å²) in [6.07, 6.45) is 0. The van der Waals surface area contributed by atoms with Crippen molar-refractivity contribution in [2.45, 2.75) is 13.8 Å². The molecule has 0 nitrogen and oxygen atoms in total. The molecule has 0 fully saturated rings. The minimum absolute atomic E-state index is 1.27. The molecule has 0 atom stereocenters. The summed E-state index contributed by atoms with van der Waals surface area (Å²) in [5.41, 5.74) is 5.25. The Balaban J connectivity index is 1.57. The van der Waals surface area contributed by atoms with E-state index in [1.165, 1.54) is 108 Å². The number of aryl methyl sites for hydroxylation is 2. The molecule has 0 unspecified atom stereocenters. The Hall–Kier alpha value is -5.20. The predicted molar refractivity (Wildman–Crippen MR) is 184 cm³/mol. The average molecular weight is 531 g/mol. The maximum atomic E-state index is 2.52. The summed E-state index contributed by atoms with van der Waals surface area (Å²) >= 11 is 0. The standard InChI is InChI=1S/C42H26/c1-23-16-27-17-24(2)19-35-32-22-37-33(21-31(32)34(18-23)38(27)35)36-20-26-12-6-7-13-28(26)40-29-14-8-9-15-30(29)41(42(36)40)39(37)25-10-4-3-5-11-25/h3-22H,1-2H3. The lowest BCUT2D eigenvalue weighted by molar-refractivity contribution is 1.50. The molecule has 0 aliphatic rings. The third kappa shape index (κ3) is 2.72. The van der Waals surface area contributed by atoms with Crippen LogP contribution in [-0.2, 0) is 0 Å². The molecule has 0 radical (unpaired) electrons. The summed E-state index contributed by atoms with van der Waals surface area (Å²) in [5, 5.41) is 21.7. The van der Waals surface area contributed by atoms with E-state index in [-0.39, 0.29) is 0 Å². The zero-order valence-corrected chi connectivity index (χ0v) is 23.5. The minimum Gasteiger partial charge on any atom is -0.0622 e. The second-order valence-electron chi connectivity index (χ2n) is 12.2. The fourth-order valence-corrected chi connectivity index (χ4v) is 8.17. The van der Waals surface area contributed by atoms with Crippen molar-refractivity contribution < 1.29 is 0 Å². The topological polar surface area (TPSA) is 0 Å². The first-order valence-corrected chi connectivity index (χ1v) is 14.9. The van der Waals surface area contributed by atoms with Gasteiger partial charge >= 0.3 is 0 Å². The van der Waals surface area contributed by atoms with Gasteiger partial charge in [0.15, 0.2) is 0 Å². The van der Waals surface area contributed by atoms with E-state index in [4.69, 9.17) is 0 Å². The van der Waals surface area contributed by atoms with Crippen molar-refractivity contribution >= 4 is 86.2 Å². The third-order valence-electron chi connectivity index (χ3n) is 9.71. The van der Waals surface area contributed by atoms with Gasteiger partial charge in [0, 0.05) is 0 Å². The zero-order valence-electron chi connectivity index (χ0n) is 23.5. The number of hydrogen-bond donors (Lipinski definition) is 0. The van der Waals surface area contributed by atoms with Crippen LogP contribution in [0.4, 0.5) is 0 Å². The Morgan fingerprint density at radius 2 is 0.857 bits per heavy atom. The number of rotatable bonds is 1. The van der Waals surface area contributed by atoms with Crippen LogP contribution in [0.5, 0.6) is 0 Å². The first kappa shape index (κ1) is 22.5. The van der Waals surface area contributed by atoms with E-state index < -0.39 is 0 Å². The minimum atomic E-state index is 1.27. The lowest BCUT2D eigenvalue weighted by atomic mass is 9.87. The van der Waals surface area contributed by atoms with Crippen LogP contribution in [0.1, 0.15) is 11.1 Å². The summed E-state index contributed by atoms with van der Waals surface area (Å²) in [7, 11) is 0. The Labute approximate surface area is 243 Å². The Kier molecular flexibility index (Phi) is 4.15. The van der Waals surface area contributed by atoms with Gasteiger partial charge in [0.25, 0.3) is 0 Å². The van der Waals surface area contributed by atoms with Crippen molar-refractivity contribution in [3.8, 4) is 11.1 Å². The number of hydrogen-bond acceptors (Lipinski definition) is 0. The highest BCUT2D eigenvalue weighted by Gasteiger charge is 2.23. The van der Waals surface area contributed by atoms with E-state index in [1.54, 1.807) is 0 Å². The predicted octanol–water partition coefficient (Wildman–Crippen LogP) is 12.1. The van der Waals surface area contributed by atoms with Gasteiger partial charge in [-0.1, -0.05) is 103 Å². The molecule has 0 heteroatoms. The van der Waals surface area contributed by atoms with Gasteiger partial charge in [0.2, 0.25) is 0 Å². The van der Waals surface area contributed by atoms with E-state index in [0.29, 0.717) is 0 Å². The van der Waals surface area contributed by atoms with E-state index in [1.807, 2.05) is 0 Å². The summed E-state index contributed by atoms with van der Waals surface area (Å²) < 4.78 is 0. The Morgan fingerprint density at radius 3 is 1.57 bits per heavy atom. The molecule has 0 aliphatic heterocycles. The molecule has 0 aliphatic carbocycles. The molecule has 0 bridgehead atoms. The molecule has 0 saturated heterocycles. The molecule has 0 heterocycles. The molecule has 194 valence electrons. The molecule has 0 amide bonds. The van der Waals surface area contributed by atoms with E-state index in [2.05, 4.69) is 135 Å². The normalized spacial score (nSPS) is 12.5. The molecule has 42 heavy (non-hydrogen) atoms. The van der Waals surface area contributed by atoms with Crippen LogP contribution in [-0.4, -0.2) is 0 Å². The molecule has 0 spiro atoms. The van der Waals surface area contributed by atoms with Gasteiger partial charge in [0.1, 0.15) is 0 Å². The van der Waals surface area contributed by atoms with Gasteiger partial charge in [-0.25, -0.2) is 0 Å². The van der Waals surface area contributed by atoms with Gasteiger partial charge in [0.05, 0.1) is 0 Å². The third-order valence-corrected chi connectivity index (χ3v) is 9.71. The van der Waals surface area contributed by atoms with E-state index in [0.717, 1.165) is 0 Å². The van der Waals surface area contributed by atoms with Crippen molar-refractivity contribution in [3.05, 3.63) is 132 Å². The molecule has 10 rings (SSSR count). The maximum absolute atomic E-state index is 2.52. The highest BCUT2D eigenvalue weighted by atomic mass is 14.3. The molecule has 0 aromatic heterocycles. The highest BCUT2D eigenvalue weighted by molar-refractivity contribution is 6.45. The summed E-state index contributed by atoms with van der Waals surface area (Å²) in [6, 6.07) is 46.0. The Morgan fingerprint density at radius 1 is 0.310 bits per heavy atom. The van der Waals surface area contributed by atoms with Gasteiger partial charge in [-0.2, -0.15) is 0 Å². The van der Waals surface area contributed by atoms with Gasteiger partial charge < -0.3 is 0 Å². The second-order valence-corrected chi connectivity index (χ2v) is 12.2. The largest absolute Gasteiger partial charge is 0.0622 e. The first-order chi connectivity index (χ1) is 20.7. The second kappa shape index (κ2) is 7.75. The summed E-state index contributed by atoms with van der Waals surface area (Å²) in [4.78, 5) is 0. The van der Waals surface area contributed by atoms with Crippen LogP contribution in [0, 0.1) is 13.8 Å². The number of fused-ring (bicyclic) bond motifs is 10. The van der Waals surface area contributed by atoms with Crippen LogP contribution in [0.3, 0.4) is 0 Å². The quantitative estimate of drug-likeness (QED) is 0.146. The van der Waals surface area contributed by atoms with Crippen molar-refractivity contribution in [1.29, 1.82) is 0 Å². The molecule has 10 aromatic carbocycles. The number of benzene rings is 8. The SMILES string of the molecule is Cc1cc2cc(C)cc3c4cc5c(cc4c(c1)c23)c(-c1ccccc1)c1c2ccccc2c2c3ccccc3cc5c12. The zero-order chi connectivity index (χ0) is 27.7. The van der Waals surface area contributed by atoms with E-state index in [9.17, 15) is 0 Å². The van der Waals surface area contributed by atoms with Crippen molar-refractivity contribution in [1.82, 2.24) is 0 Å². The van der Waals surface area contributed by atoms with Crippen LogP contribution >= 0.6 is 0 Å². The van der Waals surface area contributed by atoms with Crippen molar-refractivity contribution in [2.75, 3.05) is 0 Å². The fourth-order valence-electron chi connectivity index (χ4n) is 8.17. The lowest BCUT2D eigenvalue weighted by Crippen LogP contribution is -1.87. The first-order valence-electron chi connectivity index (χ1n) is 14.9. The summed E-state index contributed by atoms with van der Waals surface area (Å²) in [6.45, 7) is 4.45. The fraction of sp³-hybridized carbons (Fsp3) is 0.0476. The van der Waals surface area contributed by atoms with Gasteiger partial charge in [-0.15, -0.1) is 0 Å². The van der Waals surface area contributed by atoms with Crippen molar-refractivity contribution in [2.24, 2.45) is 0 Å². The Bertz CT molecular complexity index is 2720. The highest BCUT2D eigenvalue weighted by Crippen LogP contribution is 2.52. The molecular formula is C42H26. The van der Waals surface area contributed by atoms with E-state index >= 15 is 0 Å². The average Bonchev–Trinajstić information content (AvgIpc) is 3.51. The maximum Gasteiger partial charge on any atom is -0.000720 e. The molecule has 10 aromatic rings. The van der Waals surface area contributed by atoms with Crippen LogP contribution in [0.15, 0.2) is 121 Å². The lowest BCUT2D eigenvalue weighted by Gasteiger charge is -2.15. The summed E-state index contributed by atoms with van der Waals surface area (Å²) in [5.74, 6) is 0. The smallest absolute Gasteiger partial charge is 0.000720 e. The van der Waals surface area contributed by atoms with Crippen LogP contribution in [0.25, 0.3) is 97.3 Å². The van der Waals surface area contributed by atoms with Gasteiger partial charge in [-0.3, -0.25) is 0 Å². The molecule has 0 N–H and O–H groups in total. The molecule has 0 saturated carbocycles. The van der Waals surface area contributed by atoms with Gasteiger partial charge in [-0.05, 0) is 140 Å². The monoisotopic (exact) mass is 530 g/mol. The van der Waals surface area contributed by atoms with Crippen LogP contribution in [0.2, 0.25) is 0 Å². The van der Waals surface area contributed by atoms with Crippen molar-refractivity contribution in [3.63, 3.8) is 0 Å². The molecular weight excluding hydrogens is 504 g/mol. The van der Waals surface area contributed by atoms with Crippen LogP contribution < -0.4 is 0 Å².